The molecule has 3 aromatic rings. The van der Waals surface area contributed by atoms with Crippen LogP contribution in [0.5, 0.6) is 0 Å². The Hall–Kier alpha value is -2.03. The molecular weight excluding hydrogens is 408 g/mol. The van der Waals surface area contributed by atoms with E-state index in [1.807, 2.05) is 0 Å². The quantitative estimate of drug-likeness (QED) is 0.628. The van der Waals surface area contributed by atoms with E-state index >= 15 is 0 Å². The van der Waals surface area contributed by atoms with Gasteiger partial charge in [0.1, 0.15) is 10.2 Å². The minimum absolute atomic E-state index is 0.178. The zero-order chi connectivity index (χ0) is 20.0. The predicted octanol–water partition coefficient (Wildman–Crippen LogP) is 3.97. The fraction of sp³-hybridized carbons (Fsp3) is 0.429. The van der Waals surface area contributed by atoms with Gasteiger partial charge in [-0.15, -0.1) is 11.3 Å². The average molecular weight is 431 g/mol. The third kappa shape index (κ3) is 3.33. The van der Waals surface area contributed by atoms with E-state index in [4.69, 9.17) is 4.42 Å². The van der Waals surface area contributed by atoms with Gasteiger partial charge in [-0.1, -0.05) is 12.5 Å². The number of hydrogen-bond donors (Lipinski definition) is 0. The Balaban J connectivity index is 1.57. The Morgan fingerprint density at radius 1 is 1.03 bits per heavy atom. The first-order chi connectivity index (χ1) is 14.0. The molecule has 0 spiro atoms. The van der Waals surface area contributed by atoms with Crippen molar-refractivity contribution in [2.45, 2.75) is 49.8 Å². The lowest BCUT2D eigenvalue weighted by atomic mass is 9.97. The smallest absolute Gasteiger partial charge is 0.348 e. The van der Waals surface area contributed by atoms with Crippen LogP contribution in [0.2, 0.25) is 0 Å². The van der Waals surface area contributed by atoms with E-state index in [9.17, 15) is 13.2 Å². The molecule has 2 aromatic heterocycles. The monoisotopic (exact) mass is 430 g/mol. The van der Waals surface area contributed by atoms with Crippen LogP contribution in [-0.2, 0) is 22.9 Å². The van der Waals surface area contributed by atoms with E-state index in [0.717, 1.165) is 50.5 Å². The highest BCUT2D eigenvalue weighted by Gasteiger charge is 2.27. The van der Waals surface area contributed by atoms with Gasteiger partial charge < -0.3 is 4.42 Å². The second-order valence-corrected chi connectivity index (χ2v) is 10.7. The number of aromatic nitrogens is 1. The van der Waals surface area contributed by atoms with Crippen LogP contribution in [-0.4, -0.2) is 30.8 Å². The molecule has 1 saturated heterocycles. The van der Waals surface area contributed by atoms with Gasteiger partial charge in [0.05, 0.1) is 4.90 Å². The molecule has 0 radical (unpaired) electrons. The lowest BCUT2D eigenvalue weighted by Gasteiger charge is -2.25. The van der Waals surface area contributed by atoms with Crippen LogP contribution in [0, 0.1) is 0 Å². The molecular formula is C21H22N2O4S2. The van der Waals surface area contributed by atoms with Gasteiger partial charge in [0.15, 0.2) is 0 Å². The van der Waals surface area contributed by atoms with E-state index in [-0.39, 0.29) is 16.4 Å². The highest BCUT2D eigenvalue weighted by molar-refractivity contribution is 7.89. The highest BCUT2D eigenvalue weighted by atomic mass is 32.2. The van der Waals surface area contributed by atoms with Crippen molar-refractivity contribution in [3.05, 3.63) is 45.1 Å². The summed E-state index contributed by atoms with van der Waals surface area (Å²) in [4.78, 5) is 19.4. The van der Waals surface area contributed by atoms with Crippen molar-refractivity contribution >= 4 is 31.6 Å². The summed E-state index contributed by atoms with van der Waals surface area (Å²) < 4.78 is 33.1. The van der Waals surface area contributed by atoms with Crippen molar-refractivity contribution in [1.82, 2.24) is 9.29 Å². The lowest BCUT2D eigenvalue weighted by molar-refractivity contribution is 0.346. The number of aryl methyl sites for hydroxylation is 2. The summed E-state index contributed by atoms with van der Waals surface area (Å²) in [6.07, 6.45) is 6.92. The average Bonchev–Trinajstić information content (AvgIpc) is 3.13. The summed E-state index contributed by atoms with van der Waals surface area (Å²) in [7, 11) is -3.56. The van der Waals surface area contributed by atoms with Crippen molar-refractivity contribution in [2.24, 2.45) is 0 Å². The van der Waals surface area contributed by atoms with Crippen LogP contribution >= 0.6 is 11.3 Å². The molecule has 1 aliphatic carbocycles. The molecule has 0 saturated carbocycles. The van der Waals surface area contributed by atoms with Crippen LogP contribution in [0.3, 0.4) is 0 Å². The number of rotatable bonds is 3. The van der Waals surface area contributed by atoms with E-state index in [2.05, 4.69) is 4.98 Å². The van der Waals surface area contributed by atoms with Crippen LogP contribution in [0.25, 0.3) is 21.7 Å². The van der Waals surface area contributed by atoms with Crippen molar-refractivity contribution in [1.29, 1.82) is 0 Å². The Morgan fingerprint density at radius 3 is 2.66 bits per heavy atom. The zero-order valence-corrected chi connectivity index (χ0v) is 17.7. The topological polar surface area (TPSA) is 80.5 Å². The van der Waals surface area contributed by atoms with Crippen LogP contribution in [0.1, 0.15) is 42.5 Å². The van der Waals surface area contributed by atoms with E-state index < -0.39 is 10.0 Å². The molecule has 1 fully saturated rings. The number of fused-ring (bicyclic) bond motifs is 3. The summed E-state index contributed by atoms with van der Waals surface area (Å²) in [6.45, 7) is 1.10. The zero-order valence-electron chi connectivity index (χ0n) is 16.0. The molecule has 5 rings (SSSR count). The Kier molecular flexibility index (Phi) is 4.80. The molecule has 1 aromatic carbocycles. The summed E-state index contributed by atoms with van der Waals surface area (Å²) in [5, 5.41) is 0.602. The Labute approximate surface area is 173 Å². The first-order valence-electron chi connectivity index (χ1n) is 10.1. The van der Waals surface area contributed by atoms with Gasteiger partial charge in [-0.2, -0.15) is 4.31 Å². The fourth-order valence-corrected chi connectivity index (χ4v) is 7.07. The maximum absolute atomic E-state index is 13.0. The summed E-state index contributed by atoms with van der Waals surface area (Å²) in [5.74, 6) is 0.178. The lowest BCUT2D eigenvalue weighted by Crippen LogP contribution is -2.35. The molecule has 8 heteroatoms. The van der Waals surface area contributed by atoms with Crippen LogP contribution in [0.15, 0.2) is 38.4 Å². The molecule has 2 aliphatic rings. The highest BCUT2D eigenvalue weighted by Crippen LogP contribution is 2.35. The van der Waals surface area contributed by atoms with Crippen LogP contribution < -0.4 is 5.63 Å². The molecule has 152 valence electrons. The molecule has 0 unspecified atom stereocenters. The first-order valence-corrected chi connectivity index (χ1v) is 12.4. The van der Waals surface area contributed by atoms with Crippen molar-refractivity contribution < 1.29 is 12.8 Å². The maximum Gasteiger partial charge on any atom is 0.348 e. The number of benzene rings is 1. The Morgan fingerprint density at radius 2 is 1.83 bits per heavy atom. The number of piperidine rings is 1. The summed E-state index contributed by atoms with van der Waals surface area (Å²) in [6, 6.07) is 6.57. The molecule has 6 nitrogen and oxygen atoms in total. The van der Waals surface area contributed by atoms with E-state index in [1.54, 1.807) is 35.6 Å². The van der Waals surface area contributed by atoms with Crippen LogP contribution in [0.4, 0.5) is 0 Å². The predicted molar refractivity (Wildman–Crippen MR) is 113 cm³/mol. The van der Waals surface area contributed by atoms with E-state index in [1.165, 1.54) is 9.18 Å². The van der Waals surface area contributed by atoms with E-state index in [0.29, 0.717) is 28.9 Å². The van der Waals surface area contributed by atoms with Crippen molar-refractivity contribution in [2.75, 3.05) is 13.1 Å². The minimum Gasteiger partial charge on any atom is -0.403 e. The van der Waals surface area contributed by atoms with Gasteiger partial charge in [0.2, 0.25) is 15.9 Å². The SMILES string of the molecule is O=c1oc(-c2cccc(S(=O)(=O)N3CCCCC3)c2)nc2sc3c(c12)CCCC3. The van der Waals surface area contributed by atoms with Crippen molar-refractivity contribution in [3.63, 3.8) is 0 Å². The molecule has 0 amide bonds. The summed E-state index contributed by atoms with van der Waals surface area (Å²) >= 11 is 1.56. The number of thiophene rings is 1. The van der Waals surface area contributed by atoms with Gasteiger partial charge in [-0.3, -0.25) is 0 Å². The van der Waals surface area contributed by atoms with Gasteiger partial charge in [0, 0.05) is 23.5 Å². The van der Waals surface area contributed by atoms with Gasteiger partial charge in [-0.05, 0) is 62.3 Å². The fourth-order valence-electron chi connectivity index (χ4n) is 4.26. The number of hydrogen-bond acceptors (Lipinski definition) is 6. The normalized spacial score (nSPS) is 18.1. The number of sulfonamides is 1. The second kappa shape index (κ2) is 7.34. The molecule has 0 atom stereocenters. The molecule has 29 heavy (non-hydrogen) atoms. The van der Waals surface area contributed by atoms with Gasteiger partial charge >= 0.3 is 5.63 Å². The third-order valence-electron chi connectivity index (χ3n) is 5.78. The summed E-state index contributed by atoms with van der Waals surface area (Å²) in [5.41, 5.74) is 1.22. The Bertz CT molecular complexity index is 1240. The largest absolute Gasteiger partial charge is 0.403 e. The maximum atomic E-state index is 13.0. The minimum atomic E-state index is -3.56. The van der Waals surface area contributed by atoms with Gasteiger partial charge in [-0.25, -0.2) is 18.2 Å². The molecule has 3 heterocycles. The molecule has 0 bridgehead atoms. The number of nitrogens with zero attached hydrogens (tertiary/aromatic N) is 2. The molecule has 1 aliphatic heterocycles. The molecule has 0 N–H and O–H groups in total. The second-order valence-electron chi connectivity index (χ2n) is 7.69. The van der Waals surface area contributed by atoms with Gasteiger partial charge in [0.25, 0.3) is 0 Å². The standard InChI is InChI=1S/C21H22N2O4S2/c24-21-18-16-9-2-3-10-17(16)28-20(18)22-19(27-21)14-7-6-8-15(13-14)29(25,26)23-11-4-1-5-12-23/h6-8,13H,1-5,9-12H2. The van der Waals surface area contributed by atoms with Crippen molar-refractivity contribution in [3.8, 4) is 11.5 Å². The first kappa shape index (κ1) is 19.0. The third-order valence-corrected chi connectivity index (χ3v) is 8.86.